The Morgan fingerprint density at radius 2 is 1.93 bits per heavy atom. The van der Waals surface area contributed by atoms with Gasteiger partial charge in [0.05, 0.1) is 29.8 Å². The zero-order valence-electron chi connectivity index (χ0n) is 17.7. The molecule has 1 unspecified atom stereocenters. The van der Waals surface area contributed by atoms with Crippen LogP contribution in [0.3, 0.4) is 0 Å². The summed E-state index contributed by atoms with van der Waals surface area (Å²) in [4.78, 5) is 19.1. The zero-order chi connectivity index (χ0) is 22.2. The van der Waals surface area contributed by atoms with Crippen molar-refractivity contribution < 1.29 is 18.1 Å². The zero-order valence-corrected chi connectivity index (χ0v) is 18.6. The summed E-state index contributed by atoms with van der Waals surface area (Å²) in [7, 11) is 0. The average molecular weight is 441 g/mol. The van der Waals surface area contributed by atoms with E-state index in [4.69, 9.17) is 4.74 Å². The summed E-state index contributed by atoms with van der Waals surface area (Å²) in [5.74, 6) is -0.0966. The Morgan fingerprint density at radius 3 is 2.50 bits per heavy atom. The molecule has 1 saturated heterocycles. The van der Waals surface area contributed by atoms with Crippen molar-refractivity contribution in [2.24, 2.45) is 4.40 Å². The fourth-order valence-corrected chi connectivity index (χ4v) is 3.81. The molecule has 2 aromatic rings. The first-order valence-corrected chi connectivity index (χ1v) is 10.8. The maximum atomic E-state index is 13.8. The third kappa shape index (κ3) is 4.50. The lowest BCUT2D eigenvalue weighted by Gasteiger charge is -2.29. The number of halogens is 2. The maximum absolute atomic E-state index is 13.8. The Morgan fingerprint density at radius 1 is 1.30 bits per heavy atom. The summed E-state index contributed by atoms with van der Waals surface area (Å²) < 4.78 is 49.6. The third-order valence-electron chi connectivity index (χ3n) is 4.75. The van der Waals surface area contributed by atoms with Crippen LogP contribution in [0.15, 0.2) is 21.3 Å². The molecule has 0 bridgehead atoms. The molecule has 0 saturated carbocycles. The predicted molar refractivity (Wildman–Crippen MR) is 115 cm³/mol. The minimum atomic E-state index is -3.03. The van der Waals surface area contributed by atoms with Gasteiger partial charge in [-0.2, -0.15) is 8.78 Å². The number of morpholine rings is 1. The van der Waals surface area contributed by atoms with E-state index >= 15 is 0 Å². The highest BCUT2D eigenvalue weighted by molar-refractivity contribution is 7.91. The van der Waals surface area contributed by atoms with Gasteiger partial charge < -0.3 is 14.2 Å². The smallest absolute Gasteiger partial charge is 0.324 e. The second-order valence-corrected chi connectivity index (χ2v) is 10.1. The van der Waals surface area contributed by atoms with E-state index in [1.165, 1.54) is 0 Å². The number of anilines is 1. The monoisotopic (exact) mass is 440 g/mol. The Balaban J connectivity index is 2.28. The number of aryl methyl sites for hydroxylation is 1. The number of rotatable bonds is 4. The van der Waals surface area contributed by atoms with E-state index in [2.05, 4.69) is 9.38 Å². The van der Waals surface area contributed by atoms with Gasteiger partial charge in [0.15, 0.2) is 0 Å². The summed E-state index contributed by atoms with van der Waals surface area (Å²) in [5, 5.41) is 0.0819. The largest absolute Gasteiger partial charge is 0.591 e. The van der Waals surface area contributed by atoms with Gasteiger partial charge >= 0.3 is 6.55 Å². The molecular formula is C20H26F2N4O3S. The maximum Gasteiger partial charge on any atom is 0.324 e. The van der Waals surface area contributed by atoms with Crippen molar-refractivity contribution in [3.63, 3.8) is 0 Å². The van der Waals surface area contributed by atoms with Gasteiger partial charge in [0.25, 0.3) is 5.56 Å². The molecule has 1 aliphatic heterocycles. The fraction of sp³-hybridized carbons (Fsp3) is 0.550. The van der Waals surface area contributed by atoms with Gasteiger partial charge in [0, 0.05) is 18.7 Å². The highest BCUT2D eigenvalue weighted by atomic mass is 32.2. The Kier molecular flexibility index (Phi) is 6.49. The van der Waals surface area contributed by atoms with Crippen LogP contribution in [0.1, 0.15) is 45.4 Å². The number of aromatic nitrogens is 2. The van der Waals surface area contributed by atoms with E-state index in [9.17, 15) is 18.1 Å². The minimum absolute atomic E-state index is 0.0819. The van der Waals surface area contributed by atoms with Crippen molar-refractivity contribution in [3.05, 3.63) is 33.6 Å². The van der Waals surface area contributed by atoms with Gasteiger partial charge in [-0.05, 0) is 52.3 Å². The second kappa shape index (κ2) is 8.60. The molecule has 1 aliphatic rings. The highest BCUT2D eigenvalue weighted by Crippen LogP contribution is 2.26. The molecule has 1 aromatic heterocycles. The number of alkyl halides is 2. The average Bonchev–Trinajstić information content (AvgIpc) is 2.67. The molecule has 2 heterocycles. The SMILES string of the molecule is CC(=N[S+]([O-])C(C)(C)C)c1cc(C)cc2c(=O)n(C(F)F)c(N3CCOCC3)nc12. The van der Waals surface area contributed by atoms with Gasteiger partial charge in [-0.1, -0.05) is 4.40 Å². The molecule has 0 amide bonds. The first kappa shape index (κ1) is 22.6. The summed E-state index contributed by atoms with van der Waals surface area (Å²) in [6, 6.07) is 3.33. The summed E-state index contributed by atoms with van der Waals surface area (Å²) >= 11 is -1.51. The molecule has 1 aromatic carbocycles. The van der Waals surface area contributed by atoms with Gasteiger partial charge in [-0.3, -0.25) is 4.79 Å². The lowest BCUT2D eigenvalue weighted by atomic mass is 10.0. The van der Waals surface area contributed by atoms with Crippen molar-refractivity contribution in [3.8, 4) is 0 Å². The van der Waals surface area contributed by atoms with Crippen molar-refractivity contribution in [2.75, 3.05) is 31.2 Å². The first-order valence-electron chi connectivity index (χ1n) is 9.66. The molecule has 10 heteroatoms. The van der Waals surface area contributed by atoms with Crippen molar-refractivity contribution in [1.82, 2.24) is 9.55 Å². The lowest BCUT2D eigenvalue weighted by Crippen LogP contribution is -2.41. The third-order valence-corrected chi connectivity index (χ3v) is 6.24. The predicted octanol–water partition coefficient (Wildman–Crippen LogP) is 3.21. The van der Waals surface area contributed by atoms with Gasteiger partial charge in [-0.15, -0.1) is 0 Å². The molecule has 30 heavy (non-hydrogen) atoms. The Bertz CT molecular complexity index is 1030. The van der Waals surface area contributed by atoms with Crippen molar-refractivity contribution >= 4 is 33.9 Å². The van der Waals surface area contributed by atoms with Crippen molar-refractivity contribution in [1.29, 1.82) is 0 Å². The molecule has 0 N–H and O–H groups in total. The van der Waals surface area contributed by atoms with Gasteiger partial charge in [0.2, 0.25) is 5.95 Å². The van der Waals surface area contributed by atoms with Crippen LogP contribution in [-0.2, 0) is 16.1 Å². The first-order chi connectivity index (χ1) is 14.0. The van der Waals surface area contributed by atoms with E-state index in [1.807, 2.05) is 20.8 Å². The standard InChI is InChI=1S/C20H26F2N4O3S/c1-12-10-14(13(2)24-30(28)20(3,4)5)16-15(11-12)17(27)26(18(21)22)19(23-16)25-6-8-29-9-7-25/h10-11,18H,6-9H2,1-5H3. The number of hydrogen-bond donors (Lipinski definition) is 0. The Labute approximate surface area is 177 Å². The molecule has 0 spiro atoms. The van der Waals surface area contributed by atoms with Crippen LogP contribution in [0, 0.1) is 6.92 Å². The topological polar surface area (TPSA) is 82.8 Å². The van der Waals surface area contributed by atoms with Crippen LogP contribution >= 0.6 is 0 Å². The molecule has 0 aliphatic carbocycles. The number of benzene rings is 1. The van der Waals surface area contributed by atoms with Crippen LogP contribution in [0.2, 0.25) is 0 Å². The van der Waals surface area contributed by atoms with E-state index in [0.29, 0.717) is 47.7 Å². The van der Waals surface area contributed by atoms with Gasteiger partial charge in [-0.25, -0.2) is 9.55 Å². The lowest BCUT2D eigenvalue weighted by molar-refractivity contribution is 0.0650. The van der Waals surface area contributed by atoms with Crippen LogP contribution in [-0.4, -0.2) is 50.9 Å². The molecular weight excluding hydrogens is 414 g/mol. The van der Waals surface area contributed by atoms with E-state index in [-0.39, 0.29) is 16.9 Å². The molecule has 3 rings (SSSR count). The summed E-state index contributed by atoms with van der Waals surface area (Å²) in [5.41, 5.74) is 1.11. The van der Waals surface area contributed by atoms with Crippen LogP contribution in [0.25, 0.3) is 10.9 Å². The quantitative estimate of drug-likeness (QED) is 0.539. The number of hydrogen-bond acceptors (Lipinski definition) is 6. The van der Waals surface area contributed by atoms with E-state index in [1.54, 1.807) is 30.9 Å². The van der Waals surface area contributed by atoms with Crippen LogP contribution in [0.5, 0.6) is 0 Å². The minimum Gasteiger partial charge on any atom is -0.591 e. The molecule has 0 radical (unpaired) electrons. The van der Waals surface area contributed by atoms with E-state index < -0.39 is 28.2 Å². The molecule has 164 valence electrons. The highest BCUT2D eigenvalue weighted by Gasteiger charge is 2.28. The molecule has 1 atom stereocenters. The molecule has 7 nitrogen and oxygen atoms in total. The van der Waals surface area contributed by atoms with Crippen molar-refractivity contribution in [2.45, 2.75) is 45.9 Å². The summed E-state index contributed by atoms with van der Waals surface area (Å²) in [6.45, 7) is 7.29. The normalized spacial score (nSPS) is 17.1. The number of ether oxygens (including phenoxy) is 1. The Hall–Kier alpha value is -2.04. The van der Waals surface area contributed by atoms with Gasteiger partial charge in [0.1, 0.15) is 16.1 Å². The van der Waals surface area contributed by atoms with Crippen LogP contribution < -0.4 is 10.5 Å². The number of nitrogens with zero attached hydrogens (tertiary/aromatic N) is 4. The summed E-state index contributed by atoms with van der Waals surface area (Å²) in [6.07, 6.45) is 0. The fourth-order valence-electron chi connectivity index (χ4n) is 3.19. The van der Waals surface area contributed by atoms with E-state index in [0.717, 1.165) is 0 Å². The second-order valence-electron chi connectivity index (χ2n) is 8.21. The van der Waals surface area contributed by atoms with Crippen LogP contribution in [0.4, 0.5) is 14.7 Å². The molecule has 1 fully saturated rings. The number of fused-ring (bicyclic) bond motifs is 1.